The summed E-state index contributed by atoms with van der Waals surface area (Å²) in [7, 11) is 0. The molecule has 1 fully saturated rings. The monoisotopic (exact) mass is 294 g/mol. The Morgan fingerprint density at radius 2 is 2.05 bits per heavy atom. The summed E-state index contributed by atoms with van der Waals surface area (Å²) in [5, 5.41) is 0.400. The molecule has 3 heterocycles. The van der Waals surface area contributed by atoms with E-state index in [2.05, 4.69) is 35.7 Å². The first-order chi connectivity index (χ1) is 9.52. The van der Waals surface area contributed by atoms with Crippen molar-refractivity contribution < 1.29 is 4.74 Å². The van der Waals surface area contributed by atoms with E-state index < -0.39 is 0 Å². The van der Waals surface area contributed by atoms with Crippen LogP contribution in [0.15, 0.2) is 6.33 Å². The van der Waals surface area contributed by atoms with Crippen LogP contribution in [0.4, 0.5) is 0 Å². The molecular weight excluding hydrogens is 276 g/mol. The molecule has 0 radical (unpaired) electrons. The van der Waals surface area contributed by atoms with Gasteiger partial charge in [0.2, 0.25) is 0 Å². The lowest BCUT2D eigenvalue weighted by Crippen LogP contribution is -2.15. The first-order valence-electron chi connectivity index (χ1n) is 7.05. The van der Waals surface area contributed by atoms with E-state index in [1.54, 1.807) is 6.33 Å². The number of rotatable bonds is 2. The van der Waals surface area contributed by atoms with Crippen LogP contribution in [0, 0.1) is 18.8 Å². The second kappa shape index (κ2) is 4.97. The molecule has 3 rings (SSSR count). The predicted octanol–water partition coefficient (Wildman–Crippen LogP) is 3.37. The lowest BCUT2D eigenvalue weighted by Gasteiger charge is -2.18. The fraction of sp³-hybridized carbons (Fsp3) is 0.643. The molecule has 1 saturated heterocycles. The SMILES string of the molecule is CC[C@H]1O[C@@H](n2cnc3c(Cl)nc(C)nc32)[C@H](C)[C@@H]1C. The molecule has 108 valence electrons. The third kappa shape index (κ3) is 2.00. The van der Waals surface area contributed by atoms with Gasteiger partial charge in [0.1, 0.15) is 17.6 Å². The van der Waals surface area contributed by atoms with E-state index in [1.165, 1.54) is 0 Å². The van der Waals surface area contributed by atoms with Crippen molar-refractivity contribution in [3.8, 4) is 0 Å². The van der Waals surface area contributed by atoms with Gasteiger partial charge in [-0.3, -0.25) is 4.57 Å². The second-order valence-electron chi connectivity index (χ2n) is 5.58. The molecule has 2 aromatic rings. The Bertz CT molecular complexity index is 641. The van der Waals surface area contributed by atoms with Crippen LogP contribution in [-0.4, -0.2) is 25.6 Å². The van der Waals surface area contributed by atoms with Gasteiger partial charge in [-0.1, -0.05) is 32.4 Å². The van der Waals surface area contributed by atoms with Gasteiger partial charge >= 0.3 is 0 Å². The fourth-order valence-corrected chi connectivity index (χ4v) is 3.24. The molecule has 0 aromatic carbocycles. The van der Waals surface area contributed by atoms with E-state index in [9.17, 15) is 0 Å². The van der Waals surface area contributed by atoms with Gasteiger partial charge in [-0.2, -0.15) is 0 Å². The van der Waals surface area contributed by atoms with Gasteiger partial charge in [-0.15, -0.1) is 0 Å². The highest BCUT2D eigenvalue weighted by Crippen LogP contribution is 2.41. The van der Waals surface area contributed by atoms with Crippen molar-refractivity contribution in [1.29, 1.82) is 0 Å². The summed E-state index contributed by atoms with van der Waals surface area (Å²) in [6, 6.07) is 0. The van der Waals surface area contributed by atoms with Crippen LogP contribution in [0.2, 0.25) is 5.15 Å². The number of aryl methyl sites for hydroxylation is 1. The zero-order valence-electron chi connectivity index (χ0n) is 12.2. The van der Waals surface area contributed by atoms with E-state index in [1.807, 2.05) is 11.5 Å². The van der Waals surface area contributed by atoms with Gasteiger partial charge in [0.05, 0.1) is 12.4 Å². The predicted molar refractivity (Wildman–Crippen MR) is 77.6 cm³/mol. The third-order valence-corrected chi connectivity index (χ3v) is 4.61. The maximum atomic E-state index is 6.19. The minimum atomic E-state index is -0.0367. The van der Waals surface area contributed by atoms with Gasteiger partial charge in [-0.25, -0.2) is 15.0 Å². The average Bonchev–Trinajstić information content (AvgIpc) is 2.93. The molecule has 4 atom stereocenters. The Kier molecular flexibility index (Phi) is 3.42. The number of hydrogen-bond acceptors (Lipinski definition) is 4. The first kappa shape index (κ1) is 13.8. The van der Waals surface area contributed by atoms with Crippen LogP contribution in [0.5, 0.6) is 0 Å². The molecule has 0 amide bonds. The van der Waals surface area contributed by atoms with Crippen molar-refractivity contribution in [2.75, 3.05) is 0 Å². The number of hydrogen-bond donors (Lipinski definition) is 0. The normalized spacial score (nSPS) is 30.2. The lowest BCUT2D eigenvalue weighted by molar-refractivity contribution is -0.0120. The minimum absolute atomic E-state index is 0.0367. The largest absolute Gasteiger partial charge is 0.354 e. The fourth-order valence-electron chi connectivity index (χ4n) is 2.98. The Morgan fingerprint density at radius 3 is 2.70 bits per heavy atom. The first-order valence-corrected chi connectivity index (χ1v) is 7.42. The molecule has 1 aliphatic heterocycles. The van der Waals surface area contributed by atoms with Gasteiger partial charge in [-0.05, 0) is 19.3 Å². The number of aromatic nitrogens is 4. The van der Waals surface area contributed by atoms with Crippen LogP contribution >= 0.6 is 11.6 Å². The zero-order valence-corrected chi connectivity index (χ0v) is 12.9. The number of ether oxygens (including phenoxy) is 1. The molecule has 5 nitrogen and oxygen atoms in total. The maximum Gasteiger partial charge on any atom is 0.167 e. The quantitative estimate of drug-likeness (QED) is 0.797. The summed E-state index contributed by atoms with van der Waals surface area (Å²) in [5.74, 6) is 1.57. The third-order valence-electron chi connectivity index (χ3n) is 4.35. The molecule has 1 aliphatic rings. The van der Waals surface area contributed by atoms with E-state index in [-0.39, 0.29) is 12.3 Å². The molecule has 0 N–H and O–H groups in total. The van der Waals surface area contributed by atoms with Crippen molar-refractivity contribution in [1.82, 2.24) is 19.5 Å². The lowest BCUT2D eigenvalue weighted by atomic mass is 9.91. The molecule has 2 aromatic heterocycles. The minimum Gasteiger partial charge on any atom is -0.354 e. The molecule has 0 unspecified atom stereocenters. The Hall–Kier alpha value is -1.20. The van der Waals surface area contributed by atoms with Crippen LogP contribution < -0.4 is 0 Å². The number of halogens is 1. The molecule has 0 spiro atoms. The topological polar surface area (TPSA) is 52.8 Å². The Morgan fingerprint density at radius 1 is 1.30 bits per heavy atom. The van der Waals surface area contributed by atoms with Crippen LogP contribution in [0.1, 0.15) is 39.2 Å². The van der Waals surface area contributed by atoms with Crippen molar-refractivity contribution in [3.05, 3.63) is 17.3 Å². The Balaban J connectivity index is 2.07. The molecular formula is C14H19ClN4O. The average molecular weight is 295 g/mol. The molecule has 0 bridgehead atoms. The van der Waals surface area contributed by atoms with Crippen molar-refractivity contribution >= 4 is 22.8 Å². The smallest absolute Gasteiger partial charge is 0.167 e. The van der Waals surface area contributed by atoms with Gasteiger partial charge in [0.15, 0.2) is 10.8 Å². The molecule has 0 saturated carbocycles. The van der Waals surface area contributed by atoms with E-state index >= 15 is 0 Å². The van der Waals surface area contributed by atoms with E-state index in [4.69, 9.17) is 16.3 Å². The molecule has 6 heteroatoms. The van der Waals surface area contributed by atoms with E-state index in [0.29, 0.717) is 28.3 Å². The zero-order chi connectivity index (χ0) is 14.4. The van der Waals surface area contributed by atoms with Gasteiger partial charge in [0, 0.05) is 5.92 Å². The molecule has 20 heavy (non-hydrogen) atoms. The van der Waals surface area contributed by atoms with E-state index in [0.717, 1.165) is 12.1 Å². The maximum absolute atomic E-state index is 6.19. The highest BCUT2D eigenvalue weighted by molar-refractivity contribution is 6.33. The van der Waals surface area contributed by atoms with Crippen molar-refractivity contribution in [3.63, 3.8) is 0 Å². The van der Waals surface area contributed by atoms with Crippen molar-refractivity contribution in [2.45, 2.75) is 46.4 Å². The number of fused-ring (bicyclic) bond motifs is 1. The highest BCUT2D eigenvalue weighted by atomic mass is 35.5. The molecule has 0 aliphatic carbocycles. The van der Waals surface area contributed by atoms with Crippen molar-refractivity contribution in [2.24, 2.45) is 11.8 Å². The highest BCUT2D eigenvalue weighted by Gasteiger charge is 2.39. The van der Waals surface area contributed by atoms with Crippen LogP contribution in [0.25, 0.3) is 11.2 Å². The van der Waals surface area contributed by atoms with Gasteiger partial charge < -0.3 is 4.74 Å². The number of nitrogens with zero attached hydrogens (tertiary/aromatic N) is 4. The van der Waals surface area contributed by atoms with Crippen LogP contribution in [-0.2, 0) is 4.74 Å². The summed E-state index contributed by atoms with van der Waals surface area (Å²) >= 11 is 6.14. The van der Waals surface area contributed by atoms with Crippen LogP contribution in [0.3, 0.4) is 0 Å². The summed E-state index contributed by atoms with van der Waals surface area (Å²) in [5.41, 5.74) is 1.39. The summed E-state index contributed by atoms with van der Waals surface area (Å²) in [6.07, 6.45) is 3.02. The summed E-state index contributed by atoms with van der Waals surface area (Å²) < 4.78 is 8.18. The Labute approximate surface area is 123 Å². The summed E-state index contributed by atoms with van der Waals surface area (Å²) in [4.78, 5) is 13.0. The number of imidazole rings is 1. The second-order valence-corrected chi connectivity index (χ2v) is 5.94. The standard InChI is InChI=1S/C14H19ClN4O/c1-5-10-7(2)8(3)14(20-10)19-6-16-11-12(15)17-9(4)18-13(11)19/h6-8,10,14H,5H2,1-4H3/t7-,8+,10+,14+/m0/s1. The van der Waals surface area contributed by atoms with Gasteiger partial charge in [0.25, 0.3) is 0 Å². The summed E-state index contributed by atoms with van der Waals surface area (Å²) in [6.45, 7) is 8.45.